The van der Waals surface area contributed by atoms with Gasteiger partial charge in [0.15, 0.2) is 0 Å². The SMILES string of the molecule is O=C(OCc1ccccc1)N1C[C@@H](F)[C@H](Br)C1. The number of likely N-dealkylation sites (tertiary alicyclic amines) is 1. The average Bonchev–Trinajstić information content (AvgIpc) is 2.68. The summed E-state index contributed by atoms with van der Waals surface area (Å²) in [6, 6.07) is 9.41. The zero-order chi connectivity index (χ0) is 12.3. The normalized spacial score (nSPS) is 23.8. The molecule has 2 atom stereocenters. The van der Waals surface area contributed by atoms with Gasteiger partial charge in [0, 0.05) is 6.54 Å². The molecule has 0 radical (unpaired) electrons. The second-order valence-corrected chi connectivity index (χ2v) is 5.15. The van der Waals surface area contributed by atoms with Crippen LogP contribution in [0.4, 0.5) is 9.18 Å². The molecule has 0 aliphatic carbocycles. The zero-order valence-corrected chi connectivity index (χ0v) is 10.8. The highest BCUT2D eigenvalue weighted by Crippen LogP contribution is 2.21. The highest BCUT2D eigenvalue weighted by Gasteiger charge is 2.34. The van der Waals surface area contributed by atoms with E-state index in [0.717, 1.165) is 5.56 Å². The number of rotatable bonds is 2. The summed E-state index contributed by atoms with van der Waals surface area (Å²) in [7, 11) is 0. The first-order valence-electron chi connectivity index (χ1n) is 5.40. The first kappa shape index (κ1) is 12.4. The van der Waals surface area contributed by atoms with Crippen LogP contribution in [0.15, 0.2) is 30.3 Å². The largest absolute Gasteiger partial charge is 0.445 e. The number of nitrogens with zero attached hydrogens (tertiary/aromatic N) is 1. The average molecular weight is 302 g/mol. The summed E-state index contributed by atoms with van der Waals surface area (Å²) in [5.74, 6) is 0. The lowest BCUT2D eigenvalue weighted by molar-refractivity contribution is 0.102. The third-order valence-corrected chi connectivity index (χ3v) is 3.51. The van der Waals surface area contributed by atoms with Gasteiger partial charge >= 0.3 is 6.09 Å². The van der Waals surface area contributed by atoms with Gasteiger partial charge in [-0.3, -0.25) is 0 Å². The Bertz CT molecular complexity index is 377. The number of benzene rings is 1. The third-order valence-electron chi connectivity index (χ3n) is 2.65. The van der Waals surface area contributed by atoms with Crippen LogP contribution in [0.1, 0.15) is 5.56 Å². The van der Waals surface area contributed by atoms with Gasteiger partial charge in [-0.15, -0.1) is 0 Å². The summed E-state index contributed by atoms with van der Waals surface area (Å²) >= 11 is 3.18. The Morgan fingerprint density at radius 1 is 1.41 bits per heavy atom. The Hall–Kier alpha value is -1.10. The summed E-state index contributed by atoms with van der Waals surface area (Å²) in [6.07, 6.45) is -1.47. The van der Waals surface area contributed by atoms with Crippen molar-refractivity contribution in [2.45, 2.75) is 17.6 Å². The number of hydrogen-bond donors (Lipinski definition) is 0. The number of ether oxygens (including phenoxy) is 1. The second-order valence-electron chi connectivity index (χ2n) is 3.98. The molecule has 1 aromatic carbocycles. The number of carbonyl (C=O) groups is 1. The third kappa shape index (κ3) is 3.19. The molecule has 2 rings (SSSR count). The molecule has 0 spiro atoms. The molecule has 0 N–H and O–H groups in total. The molecular formula is C12H13BrFNO2. The molecule has 0 aromatic heterocycles. The second kappa shape index (κ2) is 5.49. The molecule has 0 saturated carbocycles. The maximum absolute atomic E-state index is 13.2. The molecule has 1 fully saturated rings. The molecule has 1 heterocycles. The van der Waals surface area contributed by atoms with Crippen LogP contribution in [0, 0.1) is 0 Å². The van der Waals surface area contributed by atoms with Crippen LogP contribution >= 0.6 is 15.9 Å². The van der Waals surface area contributed by atoms with Crippen molar-refractivity contribution in [1.82, 2.24) is 4.90 Å². The lowest BCUT2D eigenvalue weighted by atomic mass is 10.2. The maximum atomic E-state index is 13.2. The van der Waals surface area contributed by atoms with E-state index in [9.17, 15) is 9.18 Å². The van der Waals surface area contributed by atoms with Gasteiger partial charge in [-0.05, 0) is 5.56 Å². The maximum Gasteiger partial charge on any atom is 0.410 e. The highest BCUT2D eigenvalue weighted by atomic mass is 79.9. The molecule has 17 heavy (non-hydrogen) atoms. The van der Waals surface area contributed by atoms with E-state index in [-0.39, 0.29) is 18.0 Å². The molecule has 1 amide bonds. The highest BCUT2D eigenvalue weighted by molar-refractivity contribution is 9.09. The first-order chi connectivity index (χ1) is 8.16. The van der Waals surface area contributed by atoms with Crippen LogP contribution in [0.3, 0.4) is 0 Å². The van der Waals surface area contributed by atoms with E-state index in [1.54, 1.807) is 0 Å². The summed E-state index contributed by atoms with van der Waals surface area (Å²) in [5, 5.41) is 0. The van der Waals surface area contributed by atoms with Crippen LogP contribution in [-0.2, 0) is 11.3 Å². The number of amides is 1. The fraction of sp³-hybridized carbons (Fsp3) is 0.417. The van der Waals surface area contributed by atoms with Gasteiger partial charge < -0.3 is 9.64 Å². The Kier molecular flexibility index (Phi) is 3.99. The van der Waals surface area contributed by atoms with Crippen molar-refractivity contribution in [2.75, 3.05) is 13.1 Å². The minimum absolute atomic E-state index is 0.101. The van der Waals surface area contributed by atoms with Gasteiger partial charge in [0.05, 0.1) is 11.4 Å². The molecule has 1 saturated heterocycles. The molecular weight excluding hydrogens is 289 g/mol. The molecule has 0 bridgehead atoms. The Morgan fingerprint density at radius 2 is 2.12 bits per heavy atom. The van der Waals surface area contributed by atoms with E-state index in [1.165, 1.54) is 4.90 Å². The predicted octanol–water partition coefficient (Wildman–Crippen LogP) is 2.74. The number of alkyl halides is 2. The quantitative estimate of drug-likeness (QED) is 0.786. The van der Waals surface area contributed by atoms with E-state index in [4.69, 9.17) is 4.74 Å². The Labute approximate surface area is 108 Å². The topological polar surface area (TPSA) is 29.5 Å². The molecule has 1 aliphatic heterocycles. The van der Waals surface area contributed by atoms with Crippen molar-refractivity contribution in [3.8, 4) is 0 Å². The van der Waals surface area contributed by atoms with Crippen LogP contribution in [0.25, 0.3) is 0 Å². The van der Waals surface area contributed by atoms with Gasteiger partial charge in [0.1, 0.15) is 12.8 Å². The molecule has 5 heteroatoms. The van der Waals surface area contributed by atoms with Crippen molar-refractivity contribution < 1.29 is 13.9 Å². The monoisotopic (exact) mass is 301 g/mol. The van der Waals surface area contributed by atoms with Crippen molar-refractivity contribution >= 4 is 22.0 Å². The summed E-state index contributed by atoms with van der Waals surface area (Å²) < 4.78 is 18.3. The zero-order valence-electron chi connectivity index (χ0n) is 9.18. The van der Waals surface area contributed by atoms with E-state index < -0.39 is 12.3 Å². The summed E-state index contributed by atoms with van der Waals surface area (Å²) in [6.45, 7) is 0.679. The number of hydrogen-bond acceptors (Lipinski definition) is 2. The fourth-order valence-corrected chi connectivity index (χ4v) is 2.20. The molecule has 1 aliphatic rings. The van der Waals surface area contributed by atoms with Gasteiger partial charge in [0.25, 0.3) is 0 Å². The predicted molar refractivity (Wildman–Crippen MR) is 65.8 cm³/mol. The minimum Gasteiger partial charge on any atom is -0.445 e. The van der Waals surface area contributed by atoms with E-state index in [2.05, 4.69) is 15.9 Å². The smallest absolute Gasteiger partial charge is 0.410 e. The van der Waals surface area contributed by atoms with Crippen LogP contribution in [0.2, 0.25) is 0 Å². The number of carbonyl (C=O) groups excluding carboxylic acids is 1. The molecule has 92 valence electrons. The van der Waals surface area contributed by atoms with Crippen LogP contribution in [0.5, 0.6) is 0 Å². The van der Waals surface area contributed by atoms with Gasteiger partial charge in [-0.2, -0.15) is 0 Å². The van der Waals surface area contributed by atoms with Gasteiger partial charge in [0.2, 0.25) is 0 Å². The lowest BCUT2D eigenvalue weighted by Gasteiger charge is -2.15. The van der Waals surface area contributed by atoms with E-state index in [1.807, 2.05) is 30.3 Å². The van der Waals surface area contributed by atoms with Crippen LogP contribution in [-0.4, -0.2) is 35.1 Å². The molecule has 1 aromatic rings. The standard InChI is InChI=1S/C12H13BrFNO2/c13-10-6-15(7-11(10)14)12(16)17-8-9-4-2-1-3-5-9/h1-5,10-11H,6-8H2/t10-,11-/m1/s1. The van der Waals surface area contributed by atoms with Gasteiger partial charge in [-0.25, -0.2) is 9.18 Å². The Morgan fingerprint density at radius 3 is 2.71 bits per heavy atom. The fourth-order valence-electron chi connectivity index (χ4n) is 1.68. The molecule has 0 unspecified atom stereocenters. The van der Waals surface area contributed by atoms with E-state index >= 15 is 0 Å². The number of halogens is 2. The summed E-state index contributed by atoms with van der Waals surface area (Å²) in [4.78, 5) is 12.7. The Balaban J connectivity index is 1.82. The van der Waals surface area contributed by atoms with Crippen molar-refractivity contribution in [3.05, 3.63) is 35.9 Å². The van der Waals surface area contributed by atoms with Crippen LogP contribution < -0.4 is 0 Å². The lowest BCUT2D eigenvalue weighted by Crippen LogP contribution is -2.29. The molecule has 3 nitrogen and oxygen atoms in total. The minimum atomic E-state index is -1.01. The van der Waals surface area contributed by atoms with E-state index in [0.29, 0.717) is 6.54 Å². The van der Waals surface area contributed by atoms with Crippen molar-refractivity contribution in [1.29, 1.82) is 0 Å². The van der Waals surface area contributed by atoms with Crippen molar-refractivity contribution in [2.24, 2.45) is 0 Å². The van der Waals surface area contributed by atoms with Crippen molar-refractivity contribution in [3.63, 3.8) is 0 Å². The van der Waals surface area contributed by atoms with Gasteiger partial charge in [-0.1, -0.05) is 46.3 Å². The summed E-state index contributed by atoms with van der Waals surface area (Å²) in [5.41, 5.74) is 0.923. The first-order valence-corrected chi connectivity index (χ1v) is 6.32.